The van der Waals surface area contributed by atoms with E-state index in [1.54, 1.807) is 31.2 Å². The van der Waals surface area contributed by atoms with E-state index in [9.17, 15) is 9.59 Å². The molecular weight excluding hydrogens is 274 g/mol. The molecule has 1 N–H and O–H groups in total. The van der Waals surface area contributed by atoms with Crippen molar-refractivity contribution >= 4 is 11.9 Å². The Bertz CT molecular complexity index is 680. The van der Waals surface area contributed by atoms with Crippen LogP contribution in [0, 0.1) is 6.92 Å². The van der Waals surface area contributed by atoms with Gasteiger partial charge in [0.05, 0.1) is 11.1 Å². The van der Waals surface area contributed by atoms with Gasteiger partial charge in [-0.05, 0) is 26.0 Å². The Morgan fingerprint density at radius 1 is 1.33 bits per heavy atom. The number of aromatic nitrogens is 2. The van der Waals surface area contributed by atoms with Gasteiger partial charge in [0, 0.05) is 7.05 Å². The minimum Gasteiger partial charge on any atom is -0.480 e. The normalized spacial score (nSPS) is 12.0. The van der Waals surface area contributed by atoms with E-state index in [1.807, 2.05) is 0 Å². The lowest BCUT2D eigenvalue weighted by molar-refractivity contribution is -0.141. The fraction of sp³-hybridized carbons (Fsp3) is 0.286. The maximum absolute atomic E-state index is 12.5. The Labute approximate surface area is 121 Å². The summed E-state index contributed by atoms with van der Waals surface area (Å²) >= 11 is 0. The molecule has 7 nitrogen and oxygen atoms in total. The second-order valence-electron chi connectivity index (χ2n) is 4.62. The summed E-state index contributed by atoms with van der Waals surface area (Å²) in [7, 11) is 1.44. The Balaban J connectivity index is 2.41. The summed E-state index contributed by atoms with van der Waals surface area (Å²) in [6, 6.07) is 5.78. The molecule has 110 valence electrons. The monoisotopic (exact) mass is 289 g/mol. The highest BCUT2D eigenvalue weighted by molar-refractivity contribution is 6.01. The number of carbonyl (C=O) groups excluding carboxylic acids is 1. The standard InChI is InChI=1S/C14H15N3O4/c1-8(14(19)20)17(3)13(18)11-7-5-4-6-10(11)12-15-9(2)16-21-12/h4-8H,1-3H3,(H,19,20). The Morgan fingerprint density at radius 2 is 2.00 bits per heavy atom. The van der Waals surface area contributed by atoms with Gasteiger partial charge in [-0.1, -0.05) is 17.3 Å². The van der Waals surface area contributed by atoms with Crippen molar-refractivity contribution in [1.82, 2.24) is 15.0 Å². The number of rotatable bonds is 4. The van der Waals surface area contributed by atoms with E-state index in [-0.39, 0.29) is 5.89 Å². The molecule has 1 aromatic heterocycles. The summed E-state index contributed by atoms with van der Waals surface area (Å²) in [4.78, 5) is 28.7. The van der Waals surface area contributed by atoms with Crippen LogP contribution >= 0.6 is 0 Å². The number of amides is 1. The van der Waals surface area contributed by atoms with Crippen LogP contribution in [0.4, 0.5) is 0 Å². The molecule has 0 spiro atoms. The highest BCUT2D eigenvalue weighted by Gasteiger charge is 2.25. The van der Waals surface area contributed by atoms with E-state index in [0.29, 0.717) is 17.0 Å². The van der Waals surface area contributed by atoms with Crippen LogP contribution in [0.15, 0.2) is 28.8 Å². The smallest absolute Gasteiger partial charge is 0.326 e. The molecule has 2 aromatic rings. The highest BCUT2D eigenvalue weighted by Crippen LogP contribution is 2.23. The molecule has 7 heteroatoms. The summed E-state index contributed by atoms with van der Waals surface area (Å²) in [5.74, 6) is -0.805. The van der Waals surface area contributed by atoms with Crippen LogP contribution in [-0.2, 0) is 4.79 Å². The molecule has 0 aliphatic carbocycles. The first-order chi connectivity index (χ1) is 9.91. The molecule has 1 unspecified atom stereocenters. The number of benzene rings is 1. The lowest BCUT2D eigenvalue weighted by Gasteiger charge is -2.22. The van der Waals surface area contributed by atoms with Gasteiger partial charge in [-0.3, -0.25) is 4.79 Å². The molecule has 0 saturated carbocycles. The van der Waals surface area contributed by atoms with Crippen molar-refractivity contribution in [3.63, 3.8) is 0 Å². The predicted octanol–water partition coefficient (Wildman–Crippen LogP) is 1.59. The minimum absolute atomic E-state index is 0.229. The Kier molecular flexibility index (Phi) is 4.02. The number of carbonyl (C=O) groups is 2. The average Bonchev–Trinajstić information content (AvgIpc) is 2.91. The quantitative estimate of drug-likeness (QED) is 0.918. The third kappa shape index (κ3) is 2.91. The van der Waals surface area contributed by atoms with Crippen LogP contribution in [0.25, 0.3) is 11.5 Å². The fourth-order valence-electron chi connectivity index (χ4n) is 1.79. The van der Waals surface area contributed by atoms with Gasteiger partial charge in [0.15, 0.2) is 5.82 Å². The van der Waals surface area contributed by atoms with Crippen LogP contribution in [0.3, 0.4) is 0 Å². The summed E-state index contributed by atoms with van der Waals surface area (Å²) in [6.07, 6.45) is 0. The van der Waals surface area contributed by atoms with E-state index in [2.05, 4.69) is 10.1 Å². The molecule has 1 heterocycles. The minimum atomic E-state index is -1.07. The lowest BCUT2D eigenvalue weighted by Crippen LogP contribution is -2.40. The Hall–Kier alpha value is -2.70. The van der Waals surface area contributed by atoms with Crippen LogP contribution in [0.5, 0.6) is 0 Å². The number of hydrogen-bond acceptors (Lipinski definition) is 5. The van der Waals surface area contributed by atoms with Crippen molar-refractivity contribution in [3.05, 3.63) is 35.7 Å². The number of likely N-dealkylation sites (N-methyl/N-ethyl adjacent to an activating group) is 1. The van der Waals surface area contributed by atoms with E-state index in [4.69, 9.17) is 9.63 Å². The van der Waals surface area contributed by atoms with Crippen LogP contribution in [0.1, 0.15) is 23.1 Å². The van der Waals surface area contributed by atoms with E-state index < -0.39 is 17.9 Å². The van der Waals surface area contributed by atoms with Gasteiger partial charge in [0.1, 0.15) is 6.04 Å². The van der Waals surface area contributed by atoms with Crippen molar-refractivity contribution in [2.75, 3.05) is 7.05 Å². The summed E-state index contributed by atoms with van der Waals surface area (Å²) < 4.78 is 5.08. The second-order valence-corrected chi connectivity index (χ2v) is 4.62. The predicted molar refractivity (Wildman–Crippen MR) is 73.7 cm³/mol. The third-order valence-electron chi connectivity index (χ3n) is 3.17. The van der Waals surface area contributed by atoms with Crippen LogP contribution in [-0.4, -0.2) is 45.1 Å². The molecule has 0 aliphatic rings. The van der Waals surface area contributed by atoms with Crippen molar-refractivity contribution in [2.45, 2.75) is 19.9 Å². The molecule has 2 rings (SSSR count). The largest absolute Gasteiger partial charge is 0.480 e. The van der Waals surface area contributed by atoms with Crippen molar-refractivity contribution in [1.29, 1.82) is 0 Å². The topological polar surface area (TPSA) is 96.5 Å². The molecule has 1 aromatic carbocycles. The number of aryl methyl sites for hydroxylation is 1. The summed E-state index contributed by atoms with van der Waals surface area (Å²) in [5.41, 5.74) is 0.796. The molecule has 0 saturated heterocycles. The van der Waals surface area contributed by atoms with Gasteiger partial charge in [0.25, 0.3) is 11.8 Å². The zero-order valence-corrected chi connectivity index (χ0v) is 11.9. The third-order valence-corrected chi connectivity index (χ3v) is 3.17. The molecular formula is C14H15N3O4. The maximum atomic E-state index is 12.5. The van der Waals surface area contributed by atoms with Gasteiger partial charge in [-0.25, -0.2) is 4.79 Å². The van der Waals surface area contributed by atoms with Gasteiger partial charge in [0.2, 0.25) is 0 Å². The molecule has 1 atom stereocenters. The number of nitrogens with zero attached hydrogens (tertiary/aromatic N) is 3. The van der Waals surface area contributed by atoms with Crippen molar-refractivity contribution in [3.8, 4) is 11.5 Å². The van der Waals surface area contributed by atoms with Gasteiger partial charge in [-0.15, -0.1) is 0 Å². The first-order valence-corrected chi connectivity index (χ1v) is 6.31. The molecule has 0 fully saturated rings. The van der Waals surface area contributed by atoms with Gasteiger partial charge >= 0.3 is 5.97 Å². The van der Waals surface area contributed by atoms with Crippen molar-refractivity contribution in [2.24, 2.45) is 0 Å². The zero-order valence-electron chi connectivity index (χ0n) is 11.9. The molecule has 21 heavy (non-hydrogen) atoms. The maximum Gasteiger partial charge on any atom is 0.326 e. The summed E-state index contributed by atoms with van der Waals surface area (Å²) in [6.45, 7) is 3.12. The van der Waals surface area contributed by atoms with Gasteiger partial charge < -0.3 is 14.5 Å². The first kappa shape index (κ1) is 14.7. The number of carboxylic acids is 1. The summed E-state index contributed by atoms with van der Waals surface area (Å²) in [5, 5.41) is 12.7. The number of carboxylic acid groups (broad SMARTS) is 1. The van der Waals surface area contributed by atoms with E-state index >= 15 is 0 Å². The highest BCUT2D eigenvalue weighted by atomic mass is 16.5. The Morgan fingerprint density at radius 3 is 2.57 bits per heavy atom. The molecule has 0 bridgehead atoms. The first-order valence-electron chi connectivity index (χ1n) is 6.31. The van der Waals surface area contributed by atoms with E-state index in [0.717, 1.165) is 4.90 Å². The van der Waals surface area contributed by atoms with Crippen LogP contribution < -0.4 is 0 Å². The van der Waals surface area contributed by atoms with E-state index in [1.165, 1.54) is 14.0 Å². The zero-order chi connectivity index (χ0) is 15.6. The lowest BCUT2D eigenvalue weighted by atomic mass is 10.1. The second kappa shape index (κ2) is 5.74. The number of hydrogen-bond donors (Lipinski definition) is 1. The number of aliphatic carboxylic acids is 1. The molecule has 0 radical (unpaired) electrons. The van der Waals surface area contributed by atoms with Crippen LogP contribution in [0.2, 0.25) is 0 Å². The molecule has 1 amide bonds. The average molecular weight is 289 g/mol. The van der Waals surface area contributed by atoms with Crippen molar-refractivity contribution < 1.29 is 19.2 Å². The SMILES string of the molecule is Cc1noc(-c2ccccc2C(=O)N(C)C(C)C(=O)O)n1. The van der Waals surface area contributed by atoms with Gasteiger partial charge in [-0.2, -0.15) is 4.98 Å². The molecule has 0 aliphatic heterocycles. The fourth-order valence-corrected chi connectivity index (χ4v) is 1.79.